The third kappa shape index (κ3) is 4.02. The number of nitriles is 1. The SMILES string of the molecule is N#CC1CC(C(=O)Nc2ccccc2)CN1C(=O)C(=O)NC1CCCC1. The summed E-state index contributed by atoms with van der Waals surface area (Å²) >= 11 is 0. The number of para-hydroxylation sites is 1. The minimum absolute atomic E-state index is 0.0340. The maximum Gasteiger partial charge on any atom is 0.312 e. The van der Waals surface area contributed by atoms with Gasteiger partial charge < -0.3 is 15.5 Å². The van der Waals surface area contributed by atoms with Gasteiger partial charge in [0.2, 0.25) is 5.91 Å². The molecule has 1 aromatic carbocycles. The Morgan fingerprint density at radius 3 is 2.46 bits per heavy atom. The van der Waals surface area contributed by atoms with Crippen LogP contribution < -0.4 is 10.6 Å². The van der Waals surface area contributed by atoms with Gasteiger partial charge in [0.15, 0.2) is 0 Å². The first kappa shape index (κ1) is 17.9. The molecular weight excluding hydrogens is 332 g/mol. The molecular formula is C19H22N4O3. The summed E-state index contributed by atoms with van der Waals surface area (Å²) < 4.78 is 0. The van der Waals surface area contributed by atoms with Crippen molar-refractivity contribution in [3.8, 4) is 6.07 Å². The lowest BCUT2D eigenvalue weighted by Crippen LogP contribution is -2.47. The molecule has 1 heterocycles. The number of nitrogens with zero attached hydrogens (tertiary/aromatic N) is 2. The average molecular weight is 354 g/mol. The monoisotopic (exact) mass is 354 g/mol. The molecule has 2 atom stereocenters. The van der Waals surface area contributed by atoms with Crippen molar-refractivity contribution in [1.29, 1.82) is 5.26 Å². The lowest BCUT2D eigenvalue weighted by Gasteiger charge is -2.20. The van der Waals surface area contributed by atoms with Gasteiger partial charge in [-0.2, -0.15) is 5.26 Å². The van der Waals surface area contributed by atoms with Gasteiger partial charge in [0.25, 0.3) is 0 Å². The minimum atomic E-state index is -0.761. The van der Waals surface area contributed by atoms with E-state index in [1.165, 1.54) is 4.90 Å². The predicted molar refractivity (Wildman–Crippen MR) is 94.7 cm³/mol. The zero-order valence-electron chi connectivity index (χ0n) is 14.5. The summed E-state index contributed by atoms with van der Waals surface area (Å²) in [5, 5.41) is 14.9. The molecule has 0 radical (unpaired) electrons. The molecule has 2 fully saturated rings. The van der Waals surface area contributed by atoms with E-state index in [0.717, 1.165) is 25.7 Å². The molecule has 3 rings (SSSR count). The number of carbonyl (C=O) groups excluding carboxylic acids is 3. The quantitative estimate of drug-likeness (QED) is 0.802. The fourth-order valence-electron chi connectivity index (χ4n) is 3.59. The lowest BCUT2D eigenvalue weighted by atomic mass is 10.1. The van der Waals surface area contributed by atoms with Gasteiger partial charge in [0.1, 0.15) is 6.04 Å². The highest BCUT2D eigenvalue weighted by Gasteiger charge is 2.41. The molecule has 0 aromatic heterocycles. The van der Waals surface area contributed by atoms with Crippen molar-refractivity contribution in [3.63, 3.8) is 0 Å². The second-order valence-corrected chi connectivity index (χ2v) is 6.85. The summed E-state index contributed by atoms with van der Waals surface area (Å²) in [6.07, 6.45) is 4.08. The van der Waals surface area contributed by atoms with Crippen LogP contribution in [0, 0.1) is 17.2 Å². The standard InChI is InChI=1S/C19H22N4O3/c20-11-16-10-13(17(24)21-14-6-2-1-3-7-14)12-23(16)19(26)18(25)22-15-8-4-5-9-15/h1-3,6-7,13,15-16H,4-5,8-10,12H2,(H,21,24)(H,22,25). The van der Waals surface area contributed by atoms with Gasteiger partial charge in [0, 0.05) is 18.3 Å². The smallest absolute Gasteiger partial charge is 0.312 e. The summed E-state index contributed by atoms with van der Waals surface area (Å²) in [7, 11) is 0. The molecule has 0 spiro atoms. The van der Waals surface area contributed by atoms with Crippen LogP contribution in [0.15, 0.2) is 30.3 Å². The topological polar surface area (TPSA) is 102 Å². The molecule has 1 aliphatic carbocycles. The minimum Gasteiger partial charge on any atom is -0.345 e. The number of benzene rings is 1. The van der Waals surface area contributed by atoms with E-state index in [-0.39, 0.29) is 24.9 Å². The summed E-state index contributed by atoms with van der Waals surface area (Å²) in [6.45, 7) is 0.0772. The van der Waals surface area contributed by atoms with Gasteiger partial charge in [-0.15, -0.1) is 0 Å². The van der Waals surface area contributed by atoms with Crippen LogP contribution in [0.3, 0.4) is 0 Å². The van der Waals surface area contributed by atoms with Crippen LogP contribution in [0.2, 0.25) is 0 Å². The molecule has 2 unspecified atom stereocenters. The van der Waals surface area contributed by atoms with Crippen LogP contribution in [-0.2, 0) is 14.4 Å². The Morgan fingerprint density at radius 2 is 1.81 bits per heavy atom. The molecule has 3 amide bonds. The number of carbonyl (C=O) groups is 3. The van der Waals surface area contributed by atoms with Gasteiger partial charge in [-0.3, -0.25) is 14.4 Å². The van der Waals surface area contributed by atoms with Crippen LogP contribution in [0.25, 0.3) is 0 Å². The Hall–Kier alpha value is -2.88. The highest BCUT2D eigenvalue weighted by atomic mass is 16.2. The maximum absolute atomic E-state index is 12.5. The zero-order valence-corrected chi connectivity index (χ0v) is 14.5. The number of rotatable bonds is 3. The summed E-state index contributed by atoms with van der Waals surface area (Å²) in [4.78, 5) is 38.3. The Balaban J connectivity index is 1.61. The molecule has 136 valence electrons. The van der Waals surface area contributed by atoms with E-state index in [2.05, 4.69) is 10.6 Å². The first-order valence-corrected chi connectivity index (χ1v) is 8.95. The molecule has 1 aromatic rings. The third-order valence-electron chi connectivity index (χ3n) is 5.01. The van der Waals surface area contributed by atoms with E-state index in [1.807, 2.05) is 24.3 Å². The first-order valence-electron chi connectivity index (χ1n) is 8.95. The lowest BCUT2D eigenvalue weighted by molar-refractivity contribution is -0.146. The molecule has 7 heteroatoms. The fourth-order valence-corrected chi connectivity index (χ4v) is 3.59. The van der Waals surface area contributed by atoms with Crippen LogP contribution in [0.4, 0.5) is 5.69 Å². The van der Waals surface area contributed by atoms with E-state index in [0.29, 0.717) is 5.69 Å². The van der Waals surface area contributed by atoms with Crippen LogP contribution in [0.1, 0.15) is 32.1 Å². The van der Waals surface area contributed by atoms with Crippen LogP contribution >= 0.6 is 0 Å². The predicted octanol–water partition coefficient (Wildman–Crippen LogP) is 1.42. The summed E-state index contributed by atoms with van der Waals surface area (Å²) in [5.74, 6) is -2.16. The average Bonchev–Trinajstić information content (AvgIpc) is 3.31. The van der Waals surface area contributed by atoms with Crippen molar-refractivity contribution in [3.05, 3.63) is 30.3 Å². The first-order chi connectivity index (χ1) is 12.6. The molecule has 26 heavy (non-hydrogen) atoms. The van der Waals surface area contributed by atoms with E-state index < -0.39 is 23.8 Å². The number of amides is 3. The summed E-state index contributed by atoms with van der Waals surface area (Å²) in [6, 6.07) is 10.3. The van der Waals surface area contributed by atoms with E-state index >= 15 is 0 Å². The van der Waals surface area contributed by atoms with Gasteiger partial charge in [-0.25, -0.2) is 0 Å². The molecule has 2 aliphatic rings. The molecule has 1 saturated heterocycles. The Bertz CT molecular complexity index is 722. The van der Waals surface area contributed by atoms with Crippen LogP contribution in [-0.4, -0.2) is 41.2 Å². The van der Waals surface area contributed by atoms with Crippen molar-refractivity contribution >= 4 is 23.4 Å². The van der Waals surface area contributed by atoms with Crippen molar-refractivity contribution < 1.29 is 14.4 Å². The van der Waals surface area contributed by atoms with Gasteiger partial charge in [0.05, 0.1) is 12.0 Å². The number of anilines is 1. The maximum atomic E-state index is 12.5. The van der Waals surface area contributed by atoms with Crippen LogP contribution in [0.5, 0.6) is 0 Å². The Morgan fingerprint density at radius 1 is 1.12 bits per heavy atom. The van der Waals surface area contributed by atoms with E-state index in [9.17, 15) is 19.6 Å². The largest absolute Gasteiger partial charge is 0.345 e. The van der Waals surface area contributed by atoms with Crippen molar-refractivity contribution in [1.82, 2.24) is 10.2 Å². The molecule has 1 aliphatic heterocycles. The van der Waals surface area contributed by atoms with Gasteiger partial charge in [-0.05, 0) is 31.4 Å². The molecule has 2 N–H and O–H groups in total. The van der Waals surface area contributed by atoms with Crippen molar-refractivity contribution in [2.45, 2.75) is 44.2 Å². The second kappa shape index (κ2) is 8.00. The number of likely N-dealkylation sites (tertiary alicyclic amines) is 1. The summed E-state index contributed by atoms with van der Waals surface area (Å²) in [5.41, 5.74) is 0.662. The third-order valence-corrected chi connectivity index (χ3v) is 5.01. The zero-order chi connectivity index (χ0) is 18.5. The highest BCUT2D eigenvalue weighted by Crippen LogP contribution is 2.25. The number of hydrogen-bond donors (Lipinski definition) is 2. The second-order valence-electron chi connectivity index (χ2n) is 6.85. The van der Waals surface area contributed by atoms with Crippen molar-refractivity contribution in [2.24, 2.45) is 5.92 Å². The fraction of sp³-hybridized carbons (Fsp3) is 0.474. The number of hydrogen-bond acceptors (Lipinski definition) is 4. The Kier molecular flexibility index (Phi) is 5.52. The van der Waals surface area contributed by atoms with Gasteiger partial charge >= 0.3 is 11.8 Å². The number of nitrogens with one attached hydrogen (secondary N) is 2. The molecule has 7 nitrogen and oxygen atoms in total. The van der Waals surface area contributed by atoms with Gasteiger partial charge in [-0.1, -0.05) is 31.0 Å². The van der Waals surface area contributed by atoms with E-state index in [1.54, 1.807) is 12.1 Å². The van der Waals surface area contributed by atoms with Crippen molar-refractivity contribution in [2.75, 3.05) is 11.9 Å². The van der Waals surface area contributed by atoms with E-state index in [4.69, 9.17) is 0 Å². The normalized spacial score (nSPS) is 22.7. The highest BCUT2D eigenvalue weighted by molar-refractivity contribution is 6.35. The Labute approximate surface area is 152 Å². The molecule has 1 saturated carbocycles. The molecule has 0 bridgehead atoms.